The van der Waals surface area contributed by atoms with E-state index in [0.29, 0.717) is 6.29 Å². The predicted molar refractivity (Wildman–Crippen MR) is 60.6 cm³/mol. The summed E-state index contributed by atoms with van der Waals surface area (Å²) in [4.78, 5) is 22.9. The first-order valence-corrected chi connectivity index (χ1v) is 5.23. The number of amides is 1. The average Bonchev–Trinajstić information content (AvgIpc) is 2.31. The Morgan fingerprint density at radius 2 is 1.89 bits per heavy atom. The Labute approximate surface area is 103 Å². The van der Waals surface area contributed by atoms with Crippen molar-refractivity contribution in [3.8, 4) is 5.75 Å². The first-order valence-electron chi connectivity index (χ1n) is 5.23. The predicted octanol–water partition coefficient (Wildman–Crippen LogP) is 1.63. The zero-order valence-corrected chi connectivity index (χ0v) is 10.1. The molecule has 0 heterocycles. The lowest BCUT2D eigenvalue weighted by Crippen LogP contribution is -2.23. The number of benzene rings is 1. The highest BCUT2D eigenvalue weighted by Crippen LogP contribution is 2.22. The van der Waals surface area contributed by atoms with Crippen LogP contribution in [0, 0.1) is 11.6 Å². The molecule has 4 nitrogen and oxygen atoms in total. The molecule has 0 aliphatic carbocycles. The number of hydrogen-bond donors (Lipinski definition) is 0. The fraction of sp³-hybridized carbons (Fsp3) is 0.333. The molecule has 0 bridgehead atoms. The topological polar surface area (TPSA) is 46.6 Å². The van der Waals surface area contributed by atoms with Crippen LogP contribution < -0.4 is 4.74 Å². The number of carbonyl (C=O) groups excluding carboxylic acids is 2. The summed E-state index contributed by atoms with van der Waals surface area (Å²) < 4.78 is 31.6. The smallest absolute Gasteiger partial charge is 0.225 e. The Balaban J connectivity index is 2.68. The Hall–Kier alpha value is -1.98. The highest BCUT2D eigenvalue weighted by Gasteiger charge is 2.13. The van der Waals surface area contributed by atoms with E-state index in [2.05, 4.69) is 0 Å². The van der Waals surface area contributed by atoms with Gasteiger partial charge >= 0.3 is 0 Å². The van der Waals surface area contributed by atoms with Crippen LogP contribution in [0.3, 0.4) is 0 Å². The molecule has 18 heavy (non-hydrogen) atoms. The maximum Gasteiger partial charge on any atom is 0.225 e. The quantitative estimate of drug-likeness (QED) is 0.753. The van der Waals surface area contributed by atoms with Crippen molar-refractivity contribution in [2.75, 3.05) is 20.7 Å². The lowest BCUT2D eigenvalue weighted by Gasteiger charge is -2.11. The van der Waals surface area contributed by atoms with E-state index in [9.17, 15) is 18.4 Å². The molecule has 0 spiro atoms. The molecule has 0 radical (unpaired) electrons. The van der Waals surface area contributed by atoms with Gasteiger partial charge in [-0.25, -0.2) is 8.78 Å². The monoisotopic (exact) mass is 257 g/mol. The normalized spacial score (nSPS) is 10.0. The number of rotatable bonds is 5. The summed E-state index contributed by atoms with van der Waals surface area (Å²) in [6.45, 7) is -0.134. The molecule has 0 N–H and O–H groups in total. The third-order valence-electron chi connectivity index (χ3n) is 2.22. The summed E-state index contributed by atoms with van der Waals surface area (Å²) >= 11 is 0. The van der Waals surface area contributed by atoms with Gasteiger partial charge in [0.15, 0.2) is 17.4 Å². The van der Waals surface area contributed by atoms with Crippen LogP contribution in [0.5, 0.6) is 5.75 Å². The van der Waals surface area contributed by atoms with Gasteiger partial charge in [0.2, 0.25) is 5.91 Å². The highest BCUT2D eigenvalue weighted by atomic mass is 19.1. The van der Waals surface area contributed by atoms with Crippen LogP contribution in [0.2, 0.25) is 0 Å². The second-order valence-electron chi connectivity index (χ2n) is 3.82. The van der Waals surface area contributed by atoms with Crippen molar-refractivity contribution >= 4 is 12.2 Å². The Bertz CT molecular complexity index is 438. The molecule has 0 atom stereocenters. The summed E-state index contributed by atoms with van der Waals surface area (Å²) in [6, 6.07) is 1.75. The summed E-state index contributed by atoms with van der Waals surface area (Å²) in [5.41, 5.74) is -0.110. The van der Waals surface area contributed by atoms with Crippen molar-refractivity contribution in [3.63, 3.8) is 0 Å². The molecule has 0 unspecified atom stereocenters. The van der Waals surface area contributed by atoms with E-state index in [0.717, 1.165) is 12.1 Å². The molecule has 0 aliphatic rings. The third-order valence-corrected chi connectivity index (χ3v) is 2.22. The number of carbonyl (C=O) groups is 2. The second-order valence-corrected chi connectivity index (χ2v) is 3.82. The van der Waals surface area contributed by atoms with Gasteiger partial charge in [-0.3, -0.25) is 9.59 Å². The van der Waals surface area contributed by atoms with Crippen LogP contribution in [0.1, 0.15) is 16.8 Å². The molecule has 1 rings (SSSR count). The Kier molecular flexibility index (Phi) is 4.76. The number of hydrogen-bond acceptors (Lipinski definition) is 3. The third kappa shape index (κ3) is 3.51. The van der Waals surface area contributed by atoms with Crippen LogP contribution in [0.25, 0.3) is 0 Å². The van der Waals surface area contributed by atoms with E-state index < -0.39 is 17.4 Å². The number of halogens is 2. The first-order chi connectivity index (χ1) is 8.45. The van der Waals surface area contributed by atoms with Crippen molar-refractivity contribution in [1.82, 2.24) is 4.90 Å². The van der Waals surface area contributed by atoms with Crippen LogP contribution in [-0.2, 0) is 4.79 Å². The van der Waals surface area contributed by atoms with Crippen molar-refractivity contribution in [2.45, 2.75) is 6.42 Å². The minimum absolute atomic E-state index is 0.0152. The molecule has 0 saturated carbocycles. The van der Waals surface area contributed by atoms with E-state index in [4.69, 9.17) is 4.74 Å². The van der Waals surface area contributed by atoms with E-state index in [1.807, 2.05) is 0 Å². The molecular weight excluding hydrogens is 244 g/mol. The van der Waals surface area contributed by atoms with Crippen molar-refractivity contribution in [2.24, 2.45) is 0 Å². The van der Waals surface area contributed by atoms with Gasteiger partial charge in [0, 0.05) is 19.7 Å². The average molecular weight is 257 g/mol. The first kappa shape index (κ1) is 14.1. The molecule has 1 amide bonds. The van der Waals surface area contributed by atoms with Gasteiger partial charge < -0.3 is 9.64 Å². The SMILES string of the molecule is CN(C)C(=O)CCOc1c(F)cc(C=O)cc1F. The zero-order valence-electron chi connectivity index (χ0n) is 10.1. The lowest BCUT2D eigenvalue weighted by atomic mass is 10.2. The zero-order chi connectivity index (χ0) is 13.7. The van der Waals surface area contributed by atoms with E-state index in [-0.39, 0.29) is 24.5 Å². The number of aldehydes is 1. The summed E-state index contributed by atoms with van der Waals surface area (Å²) in [6.07, 6.45) is 0.354. The molecule has 0 saturated heterocycles. The molecule has 0 aliphatic heterocycles. The number of nitrogens with zero attached hydrogens (tertiary/aromatic N) is 1. The molecule has 0 aromatic heterocycles. The lowest BCUT2D eigenvalue weighted by molar-refractivity contribution is -0.129. The maximum atomic E-state index is 13.4. The van der Waals surface area contributed by atoms with Gasteiger partial charge in [0.25, 0.3) is 0 Å². The molecule has 1 aromatic carbocycles. The fourth-order valence-electron chi connectivity index (χ4n) is 1.25. The summed E-state index contributed by atoms with van der Waals surface area (Å²) in [5, 5.41) is 0. The number of ether oxygens (including phenoxy) is 1. The minimum atomic E-state index is -0.964. The standard InChI is InChI=1S/C12H13F2NO3/c1-15(2)11(17)3-4-18-12-9(13)5-8(7-16)6-10(12)14/h5-7H,3-4H2,1-2H3. The second kappa shape index (κ2) is 6.09. The summed E-state index contributed by atoms with van der Waals surface area (Å²) in [5.74, 6) is -2.71. The molecular formula is C12H13F2NO3. The largest absolute Gasteiger partial charge is 0.487 e. The van der Waals surface area contributed by atoms with Crippen LogP contribution >= 0.6 is 0 Å². The molecule has 1 aromatic rings. The molecule has 0 fully saturated rings. The van der Waals surface area contributed by atoms with Crippen molar-refractivity contribution in [1.29, 1.82) is 0 Å². The Morgan fingerprint density at radius 1 is 1.33 bits per heavy atom. The van der Waals surface area contributed by atoms with Gasteiger partial charge in [0.1, 0.15) is 6.29 Å². The van der Waals surface area contributed by atoms with E-state index in [1.165, 1.54) is 4.90 Å². The highest BCUT2D eigenvalue weighted by molar-refractivity contribution is 5.76. The molecule has 6 heteroatoms. The van der Waals surface area contributed by atoms with Crippen LogP contribution in [0.4, 0.5) is 8.78 Å². The summed E-state index contributed by atoms with van der Waals surface area (Å²) in [7, 11) is 3.14. The van der Waals surface area contributed by atoms with Gasteiger partial charge in [-0.05, 0) is 12.1 Å². The fourth-order valence-corrected chi connectivity index (χ4v) is 1.25. The van der Waals surface area contributed by atoms with Gasteiger partial charge in [0.05, 0.1) is 13.0 Å². The van der Waals surface area contributed by atoms with Crippen molar-refractivity contribution < 1.29 is 23.1 Å². The van der Waals surface area contributed by atoms with E-state index in [1.54, 1.807) is 14.1 Å². The maximum absolute atomic E-state index is 13.4. The minimum Gasteiger partial charge on any atom is -0.487 e. The Morgan fingerprint density at radius 3 is 2.33 bits per heavy atom. The van der Waals surface area contributed by atoms with Gasteiger partial charge in [-0.2, -0.15) is 0 Å². The van der Waals surface area contributed by atoms with E-state index >= 15 is 0 Å². The van der Waals surface area contributed by atoms with Gasteiger partial charge in [-0.15, -0.1) is 0 Å². The van der Waals surface area contributed by atoms with Crippen LogP contribution in [-0.4, -0.2) is 37.8 Å². The molecule has 98 valence electrons. The van der Waals surface area contributed by atoms with Gasteiger partial charge in [-0.1, -0.05) is 0 Å². The van der Waals surface area contributed by atoms with Crippen LogP contribution in [0.15, 0.2) is 12.1 Å². The van der Waals surface area contributed by atoms with Crippen molar-refractivity contribution in [3.05, 3.63) is 29.3 Å².